The minimum absolute atomic E-state index is 0.00366. The van der Waals surface area contributed by atoms with E-state index in [1.54, 1.807) is 19.2 Å². The fourth-order valence-corrected chi connectivity index (χ4v) is 7.33. The van der Waals surface area contributed by atoms with Crippen LogP contribution >= 0.6 is 0 Å². The smallest absolute Gasteiger partial charge is 0.254 e. The first-order valence-electron chi connectivity index (χ1n) is 15.5. The van der Waals surface area contributed by atoms with E-state index in [0.717, 1.165) is 58.5 Å². The zero-order chi connectivity index (χ0) is 32.3. The summed E-state index contributed by atoms with van der Waals surface area (Å²) in [5, 5.41) is 0.977. The molecule has 2 atom stereocenters. The van der Waals surface area contributed by atoms with Crippen molar-refractivity contribution in [1.29, 1.82) is 0 Å². The van der Waals surface area contributed by atoms with E-state index in [4.69, 9.17) is 20.4 Å². The van der Waals surface area contributed by atoms with Crippen LogP contribution in [0.1, 0.15) is 35.2 Å². The molecule has 2 aromatic carbocycles. The van der Waals surface area contributed by atoms with Gasteiger partial charge in [0.15, 0.2) is 15.7 Å². The Morgan fingerprint density at radius 3 is 2.50 bits per heavy atom. The van der Waals surface area contributed by atoms with Gasteiger partial charge in [0.1, 0.15) is 23.1 Å². The third-order valence-electron chi connectivity index (χ3n) is 8.91. The molecule has 0 bridgehead atoms. The fourth-order valence-electron chi connectivity index (χ4n) is 6.53. The van der Waals surface area contributed by atoms with Crippen molar-refractivity contribution in [2.45, 2.75) is 43.8 Å². The number of carbonyl (C=O) groups excluding carboxylic acids is 1. The van der Waals surface area contributed by atoms with Crippen molar-refractivity contribution in [1.82, 2.24) is 24.0 Å². The van der Waals surface area contributed by atoms with Gasteiger partial charge in [0, 0.05) is 48.9 Å². The summed E-state index contributed by atoms with van der Waals surface area (Å²) in [6, 6.07) is 16.6. The molecule has 240 valence electrons. The van der Waals surface area contributed by atoms with E-state index in [9.17, 15) is 17.6 Å². The van der Waals surface area contributed by atoms with Gasteiger partial charge in [-0.2, -0.15) is 0 Å². The topological polar surface area (TPSA) is 125 Å². The number of carbonyl (C=O) groups is 1. The van der Waals surface area contributed by atoms with Crippen LogP contribution in [0.5, 0.6) is 5.75 Å². The second-order valence-electron chi connectivity index (χ2n) is 12.8. The predicted molar refractivity (Wildman–Crippen MR) is 176 cm³/mol. The Morgan fingerprint density at radius 1 is 1.07 bits per heavy atom. The van der Waals surface area contributed by atoms with Gasteiger partial charge in [-0.1, -0.05) is 24.3 Å². The molecule has 1 aliphatic heterocycles. The number of imidazole rings is 1. The summed E-state index contributed by atoms with van der Waals surface area (Å²) in [4.78, 5) is 25.1. The summed E-state index contributed by atoms with van der Waals surface area (Å²) >= 11 is 0. The van der Waals surface area contributed by atoms with Gasteiger partial charge in [0.05, 0.1) is 36.3 Å². The lowest BCUT2D eigenvalue weighted by Gasteiger charge is -2.33. The number of nitrogens with two attached hydrogens (primary N) is 1. The number of benzene rings is 2. The van der Waals surface area contributed by atoms with Crippen LogP contribution in [0.25, 0.3) is 44.8 Å². The van der Waals surface area contributed by atoms with Gasteiger partial charge in [-0.3, -0.25) is 4.79 Å². The number of sulfone groups is 1. The number of amides is 1. The number of fused-ring (bicyclic) bond motifs is 2. The van der Waals surface area contributed by atoms with E-state index in [2.05, 4.69) is 16.7 Å². The average molecular weight is 645 g/mol. The third kappa shape index (κ3) is 5.87. The van der Waals surface area contributed by atoms with Gasteiger partial charge in [-0.15, -0.1) is 0 Å². The number of piperidine rings is 1. The Balaban J connectivity index is 1.30. The number of halogens is 1. The Bertz CT molecular complexity index is 2070. The highest BCUT2D eigenvalue weighted by atomic mass is 32.2. The maximum atomic E-state index is 14.3. The number of pyridine rings is 1. The Hall–Kier alpha value is -4.29. The molecule has 10 nitrogen and oxygen atoms in total. The van der Waals surface area contributed by atoms with E-state index < -0.39 is 22.1 Å². The van der Waals surface area contributed by atoms with E-state index >= 15 is 0 Å². The minimum atomic E-state index is -3.12. The van der Waals surface area contributed by atoms with E-state index in [-0.39, 0.29) is 24.6 Å². The van der Waals surface area contributed by atoms with Gasteiger partial charge < -0.3 is 24.5 Å². The molecule has 0 spiro atoms. The third-order valence-corrected chi connectivity index (χ3v) is 9.77. The molecule has 1 aliphatic carbocycles. The van der Waals surface area contributed by atoms with Crippen LogP contribution in [-0.2, 0) is 29.2 Å². The summed E-state index contributed by atoms with van der Waals surface area (Å²) in [6.07, 6.45) is 2.64. The normalized spacial score (nSPS) is 18.8. The SMILES string of the molecule is COc1cc(C(=O)N2C[C@H](N)C[C@@H](F)C2)cc2nc(-c3cc4ccc(-c5ccc(CS(C)(=O)=O)cc5)nc4n3CC3CC3)n(C)c12. The van der Waals surface area contributed by atoms with Crippen LogP contribution in [0.2, 0.25) is 0 Å². The van der Waals surface area contributed by atoms with E-state index in [0.29, 0.717) is 35.1 Å². The number of ether oxygens (including phenoxy) is 1. The number of rotatable bonds is 8. The molecular weight excluding hydrogens is 607 g/mol. The van der Waals surface area contributed by atoms with Gasteiger partial charge in [-0.05, 0) is 61.1 Å². The molecule has 46 heavy (non-hydrogen) atoms. The lowest BCUT2D eigenvalue weighted by atomic mass is 10.0. The first kappa shape index (κ1) is 30.4. The molecule has 2 aliphatic rings. The van der Waals surface area contributed by atoms with Crippen LogP contribution in [0.3, 0.4) is 0 Å². The first-order valence-corrected chi connectivity index (χ1v) is 17.5. The van der Waals surface area contributed by atoms with Crippen molar-refractivity contribution in [3.8, 4) is 28.5 Å². The van der Waals surface area contributed by atoms with Crippen molar-refractivity contribution < 1.29 is 22.3 Å². The maximum absolute atomic E-state index is 14.3. The fraction of sp³-hybridized carbons (Fsp3) is 0.382. The number of hydrogen-bond acceptors (Lipinski definition) is 7. The quantitative estimate of drug-likeness (QED) is 0.259. The molecule has 4 heterocycles. The number of hydrogen-bond donors (Lipinski definition) is 1. The Morgan fingerprint density at radius 2 is 1.83 bits per heavy atom. The van der Waals surface area contributed by atoms with Crippen molar-refractivity contribution in [3.05, 3.63) is 65.7 Å². The minimum Gasteiger partial charge on any atom is -0.494 e. The van der Waals surface area contributed by atoms with Crippen molar-refractivity contribution in [2.24, 2.45) is 18.7 Å². The number of methoxy groups -OCH3 is 1. The molecule has 12 heteroatoms. The first-order chi connectivity index (χ1) is 22.0. The van der Waals surface area contributed by atoms with Crippen LogP contribution in [-0.4, -0.2) is 77.0 Å². The molecule has 1 amide bonds. The highest BCUT2D eigenvalue weighted by molar-refractivity contribution is 7.89. The van der Waals surface area contributed by atoms with Crippen LogP contribution < -0.4 is 10.5 Å². The molecule has 1 saturated heterocycles. The van der Waals surface area contributed by atoms with Gasteiger partial charge in [0.2, 0.25) is 0 Å². The van der Waals surface area contributed by atoms with Crippen molar-refractivity contribution in [3.63, 3.8) is 0 Å². The second kappa shape index (κ2) is 11.5. The molecular formula is C34H37FN6O4S. The number of alkyl halides is 1. The van der Waals surface area contributed by atoms with E-state index in [1.165, 1.54) is 11.2 Å². The van der Waals surface area contributed by atoms with Crippen LogP contribution in [0, 0.1) is 5.92 Å². The van der Waals surface area contributed by atoms with Crippen molar-refractivity contribution in [2.75, 3.05) is 26.5 Å². The highest BCUT2D eigenvalue weighted by Gasteiger charge is 2.30. The molecule has 5 aromatic rings. The largest absolute Gasteiger partial charge is 0.494 e. The maximum Gasteiger partial charge on any atom is 0.254 e. The molecule has 2 fully saturated rings. The number of nitrogens with zero attached hydrogens (tertiary/aromatic N) is 5. The summed E-state index contributed by atoms with van der Waals surface area (Å²) in [6.45, 7) is 1.11. The van der Waals surface area contributed by atoms with E-state index in [1.807, 2.05) is 41.9 Å². The highest BCUT2D eigenvalue weighted by Crippen LogP contribution is 2.38. The zero-order valence-electron chi connectivity index (χ0n) is 26.1. The molecule has 2 N–H and O–H groups in total. The predicted octanol–water partition coefficient (Wildman–Crippen LogP) is 4.73. The number of aromatic nitrogens is 4. The molecule has 0 radical (unpaired) electrons. The summed E-state index contributed by atoms with van der Waals surface area (Å²) in [5.74, 6) is 1.47. The Labute approximate surface area is 266 Å². The number of likely N-dealkylation sites (tertiary alicyclic amines) is 1. The van der Waals surface area contributed by atoms with Crippen molar-refractivity contribution >= 4 is 37.8 Å². The summed E-state index contributed by atoms with van der Waals surface area (Å²) in [5.41, 5.74) is 11.9. The monoisotopic (exact) mass is 644 g/mol. The van der Waals surface area contributed by atoms with Crippen LogP contribution in [0.4, 0.5) is 4.39 Å². The van der Waals surface area contributed by atoms with Gasteiger partial charge >= 0.3 is 0 Å². The Kier molecular flexibility index (Phi) is 7.59. The molecule has 1 saturated carbocycles. The number of aryl methyl sites for hydroxylation is 1. The zero-order valence-corrected chi connectivity index (χ0v) is 26.9. The lowest BCUT2D eigenvalue weighted by Crippen LogP contribution is -2.50. The van der Waals surface area contributed by atoms with Gasteiger partial charge in [-0.25, -0.2) is 22.8 Å². The average Bonchev–Trinajstić information content (AvgIpc) is 3.68. The molecule has 0 unspecified atom stereocenters. The lowest BCUT2D eigenvalue weighted by molar-refractivity contribution is 0.0606. The molecule has 7 rings (SSSR count). The second-order valence-corrected chi connectivity index (χ2v) is 14.9. The standard InChI is InChI=1S/C34H37FN6O4S/c1-39-31-28(12-24(14-30(31)45-2)34(42)40-17-25(35)15-26(36)18-40)38-33(39)29-13-23-10-11-27(37-32(23)41(29)16-20-4-5-20)22-8-6-21(7-9-22)19-46(3,43)44/h6-14,20,25-26H,4-5,15-19,36H2,1-3H3/t25-,26-/m1/s1. The summed E-state index contributed by atoms with van der Waals surface area (Å²) in [7, 11) is 0.371. The molecule has 3 aromatic heterocycles. The summed E-state index contributed by atoms with van der Waals surface area (Å²) < 4.78 is 47.7. The van der Waals surface area contributed by atoms with Gasteiger partial charge in [0.25, 0.3) is 5.91 Å². The van der Waals surface area contributed by atoms with Crippen LogP contribution in [0.15, 0.2) is 54.6 Å².